The highest BCUT2D eigenvalue weighted by Gasteiger charge is 2.10. The van der Waals surface area contributed by atoms with Crippen LogP contribution in [0, 0.1) is 0 Å². The molecule has 0 aliphatic heterocycles. The monoisotopic (exact) mass is 269 g/mol. The van der Waals surface area contributed by atoms with Gasteiger partial charge in [-0.3, -0.25) is 0 Å². The van der Waals surface area contributed by atoms with Gasteiger partial charge >= 0.3 is 5.97 Å². The number of hydrogen-bond acceptors (Lipinski definition) is 4. The Balaban J connectivity index is 2.33. The Kier molecular flexibility index (Phi) is 3.35. The van der Waals surface area contributed by atoms with Crippen molar-refractivity contribution in [2.75, 3.05) is 0 Å². The molecule has 2 aromatic heterocycles. The average Bonchev–Trinajstić information content (AvgIpc) is 2.63. The van der Waals surface area contributed by atoms with Crippen LogP contribution < -0.4 is 0 Å². The van der Waals surface area contributed by atoms with E-state index in [1.165, 1.54) is 23.9 Å². The average molecular weight is 270 g/mol. The Labute approximate surface area is 106 Å². The molecule has 2 rings (SSSR count). The fourth-order valence-corrected chi connectivity index (χ4v) is 2.29. The largest absolute Gasteiger partial charge is 0.478 e. The summed E-state index contributed by atoms with van der Waals surface area (Å²) in [5, 5.41) is 10.3. The van der Waals surface area contributed by atoms with Crippen molar-refractivity contribution in [3.05, 3.63) is 35.2 Å². The normalized spacial score (nSPS) is 10.5. The Morgan fingerprint density at radius 1 is 1.53 bits per heavy atom. The molecule has 0 unspecified atom stereocenters. The van der Waals surface area contributed by atoms with Gasteiger partial charge in [-0.25, -0.2) is 14.8 Å². The molecule has 0 saturated carbocycles. The van der Waals surface area contributed by atoms with Crippen molar-refractivity contribution in [1.29, 1.82) is 0 Å². The van der Waals surface area contributed by atoms with Gasteiger partial charge in [0.25, 0.3) is 0 Å². The van der Waals surface area contributed by atoms with Crippen LogP contribution in [0.2, 0.25) is 5.15 Å². The molecule has 0 amide bonds. The zero-order valence-corrected chi connectivity index (χ0v) is 10.4. The predicted molar refractivity (Wildman–Crippen MR) is 63.5 cm³/mol. The second-order valence-electron chi connectivity index (χ2n) is 3.24. The van der Waals surface area contributed by atoms with Gasteiger partial charge in [-0.05, 0) is 23.9 Å². The standard InChI is InChI=1S/C10H8ClN3O2S/c1-14-3-2-12-10(14)17-8-5-6(9(15)16)4-7(11)13-8/h2-5H,1H3,(H,15,16). The second-order valence-corrected chi connectivity index (χ2v) is 4.62. The van der Waals surface area contributed by atoms with Crippen molar-refractivity contribution >= 4 is 29.3 Å². The van der Waals surface area contributed by atoms with E-state index in [0.29, 0.717) is 5.03 Å². The summed E-state index contributed by atoms with van der Waals surface area (Å²) in [5.74, 6) is -1.03. The first-order valence-electron chi connectivity index (χ1n) is 4.62. The number of aryl methyl sites for hydroxylation is 1. The molecule has 0 saturated heterocycles. The lowest BCUT2D eigenvalue weighted by molar-refractivity contribution is 0.0696. The molecular formula is C10H8ClN3O2S. The molecular weight excluding hydrogens is 262 g/mol. The molecule has 5 nitrogen and oxygen atoms in total. The Morgan fingerprint density at radius 3 is 2.88 bits per heavy atom. The summed E-state index contributed by atoms with van der Waals surface area (Å²) >= 11 is 7.02. The molecule has 0 radical (unpaired) electrons. The maximum atomic E-state index is 10.9. The zero-order valence-electron chi connectivity index (χ0n) is 8.79. The SMILES string of the molecule is Cn1ccnc1Sc1cc(C(=O)O)cc(Cl)n1. The number of aromatic carboxylic acids is 1. The van der Waals surface area contributed by atoms with E-state index in [9.17, 15) is 4.79 Å². The van der Waals surface area contributed by atoms with Gasteiger partial charge in [0.15, 0.2) is 5.16 Å². The summed E-state index contributed by atoms with van der Waals surface area (Å²) in [5.41, 5.74) is 0.113. The summed E-state index contributed by atoms with van der Waals surface area (Å²) in [6.45, 7) is 0. The van der Waals surface area contributed by atoms with E-state index in [4.69, 9.17) is 16.7 Å². The van der Waals surface area contributed by atoms with E-state index < -0.39 is 5.97 Å². The lowest BCUT2D eigenvalue weighted by Crippen LogP contribution is -1.98. The number of halogens is 1. The van der Waals surface area contributed by atoms with Gasteiger partial charge in [0.1, 0.15) is 10.2 Å². The summed E-state index contributed by atoms with van der Waals surface area (Å²) in [6, 6.07) is 2.78. The molecule has 0 aromatic carbocycles. The molecule has 2 aromatic rings. The third-order valence-corrected chi connectivity index (χ3v) is 3.18. The third-order valence-electron chi connectivity index (χ3n) is 1.99. The van der Waals surface area contributed by atoms with Gasteiger partial charge < -0.3 is 9.67 Å². The highest BCUT2D eigenvalue weighted by molar-refractivity contribution is 7.99. The number of rotatable bonds is 3. The first kappa shape index (κ1) is 11.9. The number of hydrogen-bond donors (Lipinski definition) is 1. The number of carboxylic acids is 1. The van der Waals surface area contributed by atoms with E-state index >= 15 is 0 Å². The van der Waals surface area contributed by atoms with Crippen LogP contribution in [-0.4, -0.2) is 25.6 Å². The number of carboxylic acid groups (broad SMARTS) is 1. The molecule has 0 fully saturated rings. The molecule has 2 heterocycles. The van der Waals surface area contributed by atoms with Crippen LogP contribution in [0.15, 0.2) is 34.7 Å². The zero-order chi connectivity index (χ0) is 12.4. The first-order chi connectivity index (χ1) is 8.06. The molecule has 0 bridgehead atoms. The fraction of sp³-hybridized carbons (Fsp3) is 0.100. The van der Waals surface area contributed by atoms with Gasteiger partial charge in [-0.1, -0.05) is 11.6 Å². The topological polar surface area (TPSA) is 68.0 Å². The number of carbonyl (C=O) groups is 1. The Bertz CT molecular complexity index is 570. The third kappa shape index (κ3) is 2.78. The number of pyridine rings is 1. The smallest absolute Gasteiger partial charge is 0.335 e. The molecule has 0 aliphatic rings. The van der Waals surface area contributed by atoms with E-state index in [2.05, 4.69) is 9.97 Å². The minimum atomic E-state index is -1.03. The van der Waals surface area contributed by atoms with Crippen LogP contribution in [0.4, 0.5) is 0 Å². The molecule has 0 spiro atoms. The lowest BCUT2D eigenvalue weighted by Gasteiger charge is -2.03. The highest BCUT2D eigenvalue weighted by atomic mass is 35.5. The summed E-state index contributed by atoms with van der Waals surface area (Å²) in [7, 11) is 1.85. The highest BCUT2D eigenvalue weighted by Crippen LogP contribution is 2.26. The van der Waals surface area contributed by atoms with Crippen LogP contribution in [0.3, 0.4) is 0 Å². The number of imidazole rings is 1. The van der Waals surface area contributed by atoms with Crippen LogP contribution in [0.1, 0.15) is 10.4 Å². The minimum absolute atomic E-state index is 0.113. The maximum Gasteiger partial charge on any atom is 0.335 e. The van der Waals surface area contributed by atoms with Crippen molar-refractivity contribution in [3.8, 4) is 0 Å². The Hall–Kier alpha value is -1.53. The van der Waals surface area contributed by atoms with Crippen molar-refractivity contribution in [2.24, 2.45) is 7.05 Å². The van der Waals surface area contributed by atoms with Crippen LogP contribution in [0.5, 0.6) is 0 Å². The van der Waals surface area contributed by atoms with E-state index in [1.807, 2.05) is 11.6 Å². The van der Waals surface area contributed by atoms with Gasteiger partial charge in [-0.15, -0.1) is 0 Å². The minimum Gasteiger partial charge on any atom is -0.478 e. The number of aromatic nitrogens is 3. The van der Waals surface area contributed by atoms with Gasteiger partial charge in [-0.2, -0.15) is 0 Å². The van der Waals surface area contributed by atoms with Crippen molar-refractivity contribution in [1.82, 2.24) is 14.5 Å². The maximum absolute atomic E-state index is 10.9. The van der Waals surface area contributed by atoms with E-state index in [0.717, 1.165) is 5.16 Å². The molecule has 0 atom stereocenters. The fourth-order valence-electron chi connectivity index (χ4n) is 1.19. The van der Waals surface area contributed by atoms with Crippen LogP contribution >= 0.6 is 23.4 Å². The summed E-state index contributed by atoms with van der Waals surface area (Å²) in [4.78, 5) is 19.0. The molecule has 88 valence electrons. The first-order valence-corrected chi connectivity index (χ1v) is 5.82. The van der Waals surface area contributed by atoms with Gasteiger partial charge in [0.2, 0.25) is 0 Å². The van der Waals surface area contributed by atoms with Gasteiger partial charge in [0.05, 0.1) is 5.56 Å². The lowest BCUT2D eigenvalue weighted by atomic mass is 10.3. The second kappa shape index (κ2) is 4.77. The van der Waals surface area contributed by atoms with Gasteiger partial charge in [0, 0.05) is 19.4 Å². The molecule has 7 heteroatoms. The van der Waals surface area contributed by atoms with Crippen LogP contribution in [-0.2, 0) is 7.05 Å². The van der Waals surface area contributed by atoms with Crippen molar-refractivity contribution in [3.63, 3.8) is 0 Å². The molecule has 1 N–H and O–H groups in total. The quantitative estimate of drug-likeness (QED) is 0.866. The summed E-state index contributed by atoms with van der Waals surface area (Å²) in [6.07, 6.45) is 3.45. The van der Waals surface area contributed by atoms with Crippen molar-refractivity contribution < 1.29 is 9.90 Å². The van der Waals surface area contributed by atoms with Crippen LogP contribution in [0.25, 0.3) is 0 Å². The van der Waals surface area contributed by atoms with E-state index in [-0.39, 0.29) is 10.7 Å². The molecule has 17 heavy (non-hydrogen) atoms. The Morgan fingerprint density at radius 2 is 2.29 bits per heavy atom. The predicted octanol–water partition coefficient (Wildman–Crippen LogP) is 2.32. The van der Waals surface area contributed by atoms with E-state index in [1.54, 1.807) is 12.4 Å². The van der Waals surface area contributed by atoms with Crippen molar-refractivity contribution in [2.45, 2.75) is 10.2 Å². The molecule has 0 aliphatic carbocycles. The number of nitrogens with zero attached hydrogens (tertiary/aromatic N) is 3. The summed E-state index contributed by atoms with van der Waals surface area (Å²) < 4.78 is 1.81.